The summed E-state index contributed by atoms with van der Waals surface area (Å²) in [6.45, 7) is 6.64. The lowest BCUT2D eigenvalue weighted by molar-refractivity contribution is -0.123. The van der Waals surface area contributed by atoms with Crippen LogP contribution in [0.15, 0.2) is 12.7 Å². The quantitative estimate of drug-likeness (QED) is 0.651. The number of hydrogen-bond acceptors (Lipinski definition) is 3. The fourth-order valence-corrected chi connectivity index (χ4v) is 2.03. The Bertz CT molecular complexity index is 228. The van der Waals surface area contributed by atoms with Crippen molar-refractivity contribution in [2.75, 3.05) is 33.7 Å². The molecule has 0 N–H and O–H groups in total. The molecule has 0 saturated carbocycles. The molecule has 1 heterocycles. The van der Waals surface area contributed by atoms with Crippen LogP contribution in [0.3, 0.4) is 0 Å². The number of allylic oxidation sites excluding steroid dienone is 1. The first-order valence-electron chi connectivity index (χ1n) is 5.67. The Morgan fingerprint density at radius 2 is 2.20 bits per heavy atom. The fraction of sp³-hybridized carbons (Fsp3) is 0.750. The standard InChI is InChI=1S/C12H22N2O/c1-4-5-7-12(15)11-10-13(2)8-6-9-14(11)3/h4,11H,1,5-10H2,2-3H3. The Labute approximate surface area is 92.7 Å². The molecule has 0 aromatic rings. The van der Waals surface area contributed by atoms with Gasteiger partial charge in [0.2, 0.25) is 0 Å². The molecule has 1 saturated heterocycles. The molecule has 1 rings (SSSR count). The SMILES string of the molecule is C=CCCC(=O)C1CN(C)CCCN1C. The van der Waals surface area contributed by atoms with Gasteiger partial charge >= 0.3 is 0 Å². The number of carbonyl (C=O) groups excluding carboxylic acids is 1. The number of ketones is 1. The van der Waals surface area contributed by atoms with E-state index in [9.17, 15) is 4.79 Å². The van der Waals surface area contributed by atoms with Crippen LogP contribution in [-0.2, 0) is 4.79 Å². The molecule has 0 radical (unpaired) electrons. The summed E-state index contributed by atoms with van der Waals surface area (Å²) in [5.74, 6) is 0.353. The summed E-state index contributed by atoms with van der Waals surface area (Å²) in [5, 5.41) is 0. The minimum Gasteiger partial charge on any atom is -0.304 e. The highest BCUT2D eigenvalue weighted by Crippen LogP contribution is 2.10. The second-order valence-electron chi connectivity index (χ2n) is 4.41. The molecule has 0 aromatic carbocycles. The minimum absolute atomic E-state index is 0.0810. The van der Waals surface area contributed by atoms with E-state index in [4.69, 9.17) is 0 Å². The van der Waals surface area contributed by atoms with E-state index in [1.807, 2.05) is 6.08 Å². The van der Waals surface area contributed by atoms with Crippen LogP contribution in [0.25, 0.3) is 0 Å². The van der Waals surface area contributed by atoms with Crippen LogP contribution in [0.5, 0.6) is 0 Å². The largest absolute Gasteiger partial charge is 0.304 e. The van der Waals surface area contributed by atoms with Crippen molar-refractivity contribution < 1.29 is 4.79 Å². The summed E-state index contributed by atoms with van der Waals surface area (Å²) >= 11 is 0. The zero-order valence-electron chi connectivity index (χ0n) is 9.91. The third-order valence-corrected chi connectivity index (χ3v) is 3.03. The van der Waals surface area contributed by atoms with Crippen molar-refractivity contribution in [2.24, 2.45) is 0 Å². The van der Waals surface area contributed by atoms with E-state index in [-0.39, 0.29) is 6.04 Å². The van der Waals surface area contributed by atoms with Crippen LogP contribution >= 0.6 is 0 Å². The average molecular weight is 210 g/mol. The average Bonchev–Trinajstić information content (AvgIpc) is 2.37. The van der Waals surface area contributed by atoms with E-state index < -0.39 is 0 Å². The van der Waals surface area contributed by atoms with Crippen molar-refractivity contribution in [1.82, 2.24) is 9.80 Å². The lowest BCUT2D eigenvalue weighted by Gasteiger charge is -2.25. The van der Waals surface area contributed by atoms with E-state index in [1.54, 1.807) is 0 Å². The molecule has 15 heavy (non-hydrogen) atoms. The van der Waals surface area contributed by atoms with Gasteiger partial charge in [0.25, 0.3) is 0 Å². The van der Waals surface area contributed by atoms with Crippen LogP contribution in [-0.4, -0.2) is 55.4 Å². The molecule has 1 atom stereocenters. The van der Waals surface area contributed by atoms with E-state index in [0.717, 1.165) is 32.5 Å². The fourth-order valence-electron chi connectivity index (χ4n) is 2.03. The van der Waals surface area contributed by atoms with Crippen LogP contribution in [0.1, 0.15) is 19.3 Å². The number of nitrogens with zero attached hydrogens (tertiary/aromatic N) is 2. The Morgan fingerprint density at radius 3 is 2.87 bits per heavy atom. The van der Waals surface area contributed by atoms with E-state index in [1.165, 1.54) is 0 Å². The molecule has 0 bridgehead atoms. The summed E-state index contributed by atoms with van der Waals surface area (Å²) in [5.41, 5.74) is 0. The first-order valence-corrected chi connectivity index (χ1v) is 5.67. The minimum atomic E-state index is 0.0810. The lowest BCUT2D eigenvalue weighted by atomic mass is 10.1. The molecule has 1 aliphatic heterocycles. The predicted octanol–water partition coefficient (Wildman–Crippen LogP) is 1.16. The second-order valence-corrected chi connectivity index (χ2v) is 4.41. The van der Waals surface area contributed by atoms with Gasteiger partial charge in [-0.1, -0.05) is 6.08 Å². The first kappa shape index (κ1) is 12.4. The van der Waals surface area contributed by atoms with Crippen molar-refractivity contribution in [3.05, 3.63) is 12.7 Å². The number of hydrogen-bond donors (Lipinski definition) is 0. The normalized spacial score (nSPS) is 24.8. The monoisotopic (exact) mass is 210 g/mol. The van der Waals surface area contributed by atoms with Crippen LogP contribution in [0.4, 0.5) is 0 Å². The van der Waals surface area contributed by atoms with Gasteiger partial charge in [0.1, 0.15) is 0 Å². The molecular formula is C12H22N2O. The van der Waals surface area contributed by atoms with Crippen LogP contribution in [0, 0.1) is 0 Å². The van der Waals surface area contributed by atoms with Crippen molar-refractivity contribution in [2.45, 2.75) is 25.3 Å². The maximum Gasteiger partial charge on any atom is 0.151 e. The summed E-state index contributed by atoms with van der Waals surface area (Å²) in [6.07, 6.45) is 4.40. The van der Waals surface area contributed by atoms with Crippen molar-refractivity contribution >= 4 is 5.78 Å². The molecule has 1 fully saturated rings. The number of carbonyl (C=O) groups is 1. The number of likely N-dealkylation sites (N-methyl/N-ethyl adjacent to an activating group) is 2. The summed E-state index contributed by atoms with van der Waals surface area (Å²) in [4.78, 5) is 16.4. The maximum absolute atomic E-state index is 11.9. The Hall–Kier alpha value is -0.670. The summed E-state index contributed by atoms with van der Waals surface area (Å²) in [6, 6.07) is 0.0810. The molecular weight excluding hydrogens is 188 g/mol. The van der Waals surface area contributed by atoms with Crippen molar-refractivity contribution in [1.29, 1.82) is 0 Å². The molecule has 86 valence electrons. The van der Waals surface area contributed by atoms with Crippen LogP contribution < -0.4 is 0 Å². The molecule has 1 aliphatic rings. The first-order chi connectivity index (χ1) is 7.15. The second kappa shape index (κ2) is 6.03. The highest BCUT2D eigenvalue weighted by atomic mass is 16.1. The Morgan fingerprint density at radius 1 is 1.47 bits per heavy atom. The molecule has 0 aromatic heterocycles. The Balaban J connectivity index is 2.54. The lowest BCUT2D eigenvalue weighted by Crippen LogP contribution is -2.43. The van der Waals surface area contributed by atoms with Gasteiger partial charge in [0, 0.05) is 13.0 Å². The predicted molar refractivity (Wildman–Crippen MR) is 63.0 cm³/mol. The van der Waals surface area contributed by atoms with E-state index >= 15 is 0 Å². The third-order valence-electron chi connectivity index (χ3n) is 3.03. The molecule has 0 spiro atoms. The molecule has 0 aliphatic carbocycles. The third kappa shape index (κ3) is 3.76. The zero-order valence-corrected chi connectivity index (χ0v) is 9.91. The smallest absolute Gasteiger partial charge is 0.151 e. The highest BCUT2D eigenvalue weighted by molar-refractivity contribution is 5.84. The van der Waals surface area contributed by atoms with Gasteiger partial charge in [-0.25, -0.2) is 0 Å². The summed E-state index contributed by atoms with van der Waals surface area (Å²) < 4.78 is 0. The summed E-state index contributed by atoms with van der Waals surface area (Å²) in [7, 11) is 4.14. The van der Waals surface area contributed by atoms with Gasteiger partial charge in [-0.15, -0.1) is 6.58 Å². The van der Waals surface area contributed by atoms with Gasteiger partial charge in [-0.2, -0.15) is 0 Å². The number of Topliss-reactive ketones (excluding diaryl/α,β-unsaturated/α-hetero) is 1. The van der Waals surface area contributed by atoms with Gasteiger partial charge in [0.15, 0.2) is 5.78 Å². The Kier molecular flexibility index (Phi) is 4.99. The van der Waals surface area contributed by atoms with E-state index in [0.29, 0.717) is 12.2 Å². The topological polar surface area (TPSA) is 23.6 Å². The van der Waals surface area contributed by atoms with Gasteiger partial charge in [0.05, 0.1) is 6.04 Å². The maximum atomic E-state index is 11.9. The van der Waals surface area contributed by atoms with Crippen molar-refractivity contribution in [3.63, 3.8) is 0 Å². The number of rotatable bonds is 4. The van der Waals surface area contributed by atoms with Crippen LogP contribution in [0.2, 0.25) is 0 Å². The molecule has 1 unspecified atom stereocenters. The van der Waals surface area contributed by atoms with Crippen molar-refractivity contribution in [3.8, 4) is 0 Å². The molecule has 0 amide bonds. The zero-order chi connectivity index (χ0) is 11.3. The van der Waals surface area contributed by atoms with Gasteiger partial charge in [-0.05, 0) is 40.0 Å². The van der Waals surface area contributed by atoms with E-state index in [2.05, 4.69) is 30.5 Å². The molecule has 3 nitrogen and oxygen atoms in total. The highest BCUT2D eigenvalue weighted by Gasteiger charge is 2.25. The van der Waals surface area contributed by atoms with Gasteiger partial charge < -0.3 is 4.90 Å². The van der Waals surface area contributed by atoms with Gasteiger partial charge in [-0.3, -0.25) is 9.69 Å². The molecule has 3 heteroatoms.